The predicted octanol–water partition coefficient (Wildman–Crippen LogP) is 1.14. The average molecular weight is 305 g/mol. The fourth-order valence-electron chi connectivity index (χ4n) is 1.25. The molecule has 2 fully saturated rings. The fraction of sp³-hybridized carbons (Fsp3) is 1.00. The Morgan fingerprint density at radius 2 is 1.28 bits per heavy atom. The summed E-state index contributed by atoms with van der Waals surface area (Å²) < 4.78 is 29.6. The van der Waals surface area contributed by atoms with Gasteiger partial charge >= 0.3 is 0 Å². The highest BCUT2D eigenvalue weighted by Crippen LogP contribution is 2.12. The Kier molecular flexibility index (Phi) is 8.45. The Morgan fingerprint density at radius 1 is 0.889 bits per heavy atom. The number of ether oxygens (including phenoxy) is 6. The minimum Gasteiger partial charge on any atom is -0.333 e. The number of alkyl halides is 2. The molecule has 0 bridgehead atoms. The summed E-state index contributed by atoms with van der Waals surface area (Å²) in [6.45, 7) is 0.0480. The van der Waals surface area contributed by atoms with E-state index in [9.17, 15) is 0 Å². The van der Waals surface area contributed by atoms with Crippen molar-refractivity contribution in [2.75, 3.05) is 39.2 Å². The van der Waals surface area contributed by atoms with E-state index in [1.165, 1.54) is 14.2 Å². The highest BCUT2D eigenvalue weighted by atomic mass is 35.5. The molecule has 0 aliphatic carbocycles. The van der Waals surface area contributed by atoms with E-state index in [4.69, 9.17) is 51.6 Å². The lowest BCUT2D eigenvalue weighted by molar-refractivity contribution is -0.221. The van der Waals surface area contributed by atoms with Crippen LogP contribution in [0.4, 0.5) is 0 Å². The first-order chi connectivity index (χ1) is 8.73. The largest absolute Gasteiger partial charge is 0.333 e. The van der Waals surface area contributed by atoms with Crippen molar-refractivity contribution in [2.24, 2.45) is 0 Å². The second-order valence-corrected chi connectivity index (χ2v) is 4.16. The molecule has 0 aromatic rings. The van der Waals surface area contributed by atoms with Gasteiger partial charge in [0.15, 0.2) is 0 Å². The van der Waals surface area contributed by atoms with Crippen LogP contribution in [-0.2, 0) is 28.4 Å². The van der Waals surface area contributed by atoms with Crippen molar-refractivity contribution in [1.29, 1.82) is 0 Å². The first-order valence-corrected chi connectivity index (χ1v) is 6.52. The zero-order chi connectivity index (χ0) is 13.4. The molecular weight excluding hydrogens is 287 g/mol. The molecule has 2 heterocycles. The Balaban J connectivity index is 0.000000180. The third-order valence-electron chi connectivity index (χ3n) is 2.17. The van der Waals surface area contributed by atoms with E-state index in [1.807, 2.05) is 0 Å². The summed E-state index contributed by atoms with van der Waals surface area (Å²) >= 11 is 10.9. The molecule has 4 atom stereocenters. The SMILES string of the molecule is COC1OCC(CCl)O1.COC1OCC(CCl)O1. The van der Waals surface area contributed by atoms with Crippen LogP contribution < -0.4 is 0 Å². The normalized spacial score (nSPS) is 35.3. The van der Waals surface area contributed by atoms with Gasteiger partial charge in [-0.3, -0.25) is 0 Å². The van der Waals surface area contributed by atoms with Gasteiger partial charge in [-0.15, -0.1) is 23.2 Å². The van der Waals surface area contributed by atoms with Crippen LogP contribution >= 0.6 is 23.2 Å². The topological polar surface area (TPSA) is 55.4 Å². The molecule has 6 nitrogen and oxygen atoms in total. The second-order valence-electron chi connectivity index (χ2n) is 3.54. The van der Waals surface area contributed by atoms with E-state index >= 15 is 0 Å². The van der Waals surface area contributed by atoms with Gasteiger partial charge < -0.3 is 28.4 Å². The van der Waals surface area contributed by atoms with Crippen molar-refractivity contribution in [3.63, 3.8) is 0 Å². The molecule has 108 valence electrons. The van der Waals surface area contributed by atoms with Crippen LogP contribution in [0.15, 0.2) is 0 Å². The molecule has 2 saturated heterocycles. The Hall–Kier alpha value is 0.340. The van der Waals surface area contributed by atoms with Gasteiger partial charge in [-0.2, -0.15) is 0 Å². The van der Waals surface area contributed by atoms with Gasteiger partial charge in [0.2, 0.25) is 0 Å². The van der Waals surface area contributed by atoms with E-state index in [1.54, 1.807) is 0 Å². The third kappa shape index (κ3) is 5.54. The molecule has 0 spiro atoms. The molecule has 18 heavy (non-hydrogen) atoms. The van der Waals surface area contributed by atoms with Gasteiger partial charge in [-0.05, 0) is 0 Å². The molecule has 2 rings (SSSR count). The van der Waals surface area contributed by atoms with E-state index in [0.29, 0.717) is 25.0 Å². The Labute approximate surface area is 116 Å². The number of methoxy groups -OCH3 is 2. The maximum atomic E-state index is 5.47. The van der Waals surface area contributed by atoms with Crippen molar-refractivity contribution in [2.45, 2.75) is 25.2 Å². The molecule has 0 radical (unpaired) electrons. The van der Waals surface area contributed by atoms with Crippen LogP contribution in [0, 0.1) is 0 Å². The minimum absolute atomic E-state index is 0.00313. The van der Waals surface area contributed by atoms with E-state index < -0.39 is 13.0 Å². The lowest BCUT2D eigenvalue weighted by atomic mass is 10.4. The van der Waals surface area contributed by atoms with Crippen LogP contribution in [0.1, 0.15) is 0 Å². The number of halogens is 2. The predicted molar refractivity (Wildman–Crippen MR) is 64.7 cm³/mol. The maximum Gasteiger partial charge on any atom is 0.271 e. The highest BCUT2D eigenvalue weighted by molar-refractivity contribution is 6.18. The van der Waals surface area contributed by atoms with E-state index in [2.05, 4.69) is 0 Å². The van der Waals surface area contributed by atoms with Crippen molar-refractivity contribution in [3.05, 3.63) is 0 Å². The van der Waals surface area contributed by atoms with Crippen molar-refractivity contribution >= 4 is 23.2 Å². The molecule has 4 unspecified atom stereocenters. The molecule has 2 aliphatic rings. The fourth-order valence-corrected chi connectivity index (χ4v) is 1.58. The summed E-state index contributed by atoms with van der Waals surface area (Å²) in [5, 5.41) is 0. The maximum absolute atomic E-state index is 5.47. The molecule has 0 aromatic carbocycles. The van der Waals surface area contributed by atoms with Gasteiger partial charge in [-0.1, -0.05) is 0 Å². The van der Waals surface area contributed by atoms with Crippen LogP contribution in [-0.4, -0.2) is 64.4 Å². The van der Waals surface area contributed by atoms with Crippen LogP contribution in [0.2, 0.25) is 0 Å². The number of hydrogen-bond donors (Lipinski definition) is 0. The summed E-state index contributed by atoms with van der Waals surface area (Å²) in [5.41, 5.74) is 0. The van der Waals surface area contributed by atoms with E-state index in [-0.39, 0.29) is 12.2 Å². The smallest absolute Gasteiger partial charge is 0.271 e. The van der Waals surface area contributed by atoms with Gasteiger partial charge in [0.25, 0.3) is 13.0 Å². The van der Waals surface area contributed by atoms with Gasteiger partial charge in [0, 0.05) is 14.2 Å². The molecule has 2 aliphatic heterocycles. The number of hydrogen-bond acceptors (Lipinski definition) is 6. The lowest BCUT2D eigenvalue weighted by Gasteiger charge is -2.05. The van der Waals surface area contributed by atoms with E-state index in [0.717, 1.165) is 0 Å². The van der Waals surface area contributed by atoms with Crippen molar-refractivity contribution in [1.82, 2.24) is 0 Å². The summed E-state index contributed by atoms with van der Waals surface area (Å²) in [7, 11) is 3.06. The standard InChI is InChI=1S/2C5H9ClO3/c2*1-7-5-8-3-4(2-6)9-5/h2*4-5H,2-3H2,1H3. The van der Waals surface area contributed by atoms with Gasteiger partial charge in [0.05, 0.1) is 25.0 Å². The quantitative estimate of drug-likeness (QED) is 0.726. The van der Waals surface area contributed by atoms with Crippen molar-refractivity contribution < 1.29 is 28.4 Å². The lowest BCUT2D eigenvalue weighted by Crippen LogP contribution is -2.14. The summed E-state index contributed by atoms with van der Waals surface area (Å²) in [5.74, 6) is 0.916. The zero-order valence-electron chi connectivity index (χ0n) is 10.3. The summed E-state index contributed by atoms with van der Waals surface area (Å²) in [4.78, 5) is 0. The molecular formula is C10H18Cl2O6. The Bertz CT molecular complexity index is 179. The monoisotopic (exact) mass is 304 g/mol. The van der Waals surface area contributed by atoms with Crippen LogP contribution in [0.3, 0.4) is 0 Å². The summed E-state index contributed by atoms with van der Waals surface area (Å²) in [6.07, 6.45) is -0.00627. The molecule has 0 aromatic heterocycles. The Morgan fingerprint density at radius 3 is 1.44 bits per heavy atom. The summed E-state index contributed by atoms with van der Waals surface area (Å²) in [6, 6.07) is 0. The number of rotatable bonds is 4. The molecule has 0 amide bonds. The van der Waals surface area contributed by atoms with Crippen LogP contribution in [0.5, 0.6) is 0 Å². The van der Waals surface area contributed by atoms with Crippen LogP contribution in [0.25, 0.3) is 0 Å². The van der Waals surface area contributed by atoms with Crippen molar-refractivity contribution in [3.8, 4) is 0 Å². The second kappa shape index (κ2) is 9.28. The molecule has 0 saturated carbocycles. The average Bonchev–Trinajstić information content (AvgIpc) is 3.07. The highest BCUT2D eigenvalue weighted by Gasteiger charge is 2.25. The van der Waals surface area contributed by atoms with Gasteiger partial charge in [-0.25, -0.2) is 0 Å². The zero-order valence-corrected chi connectivity index (χ0v) is 11.9. The molecule has 0 N–H and O–H groups in total. The third-order valence-corrected chi connectivity index (χ3v) is 2.86. The minimum atomic E-state index is -0.506. The van der Waals surface area contributed by atoms with Gasteiger partial charge in [0.1, 0.15) is 12.2 Å². The first-order valence-electron chi connectivity index (χ1n) is 5.45. The first kappa shape index (κ1) is 16.4. The molecule has 8 heteroatoms.